The van der Waals surface area contributed by atoms with Gasteiger partial charge in [0.2, 0.25) is 0 Å². The van der Waals surface area contributed by atoms with Gasteiger partial charge < -0.3 is 15.0 Å². The molecule has 1 fully saturated rings. The Balaban J connectivity index is 1.72. The van der Waals surface area contributed by atoms with E-state index in [9.17, 15) is 8.78 Å². The average molecular weight is 284 g/mol. The van der Waals surface area contributed by atoms with Crippen LogP contribution in [0.4, 0.5) is 8.78 Å². The fraction of sp³-hybridized carbons (Fsp3) is 0.600. The number of benzene rings is 1. The van der Waals surface area contributed by atoms with E-state index < -0.39 is 6.61 Å². The number of halogens is 2. The first kappa shape index (κ1) is 15.2. The Morgan fingerprint density at radius 1 is 1.20 bits per heavy atom. The molecule has 20 heavy (non-hydrogen) atoms. The van der Waals surface area contributed by atoms with Crippen LogP contribution in [0.25, 0.3) is 0 Å². The van der Waals surface area contributed by atoms with Crippen LogP contribution in [0.3, 0.4) is 0 Å². The highest BCUT2D eigenvalue weighted by Crippen LogP contribution is 2.15. The first-order valence-corrected chi connectivity index (χ1v) is 7.13. The van der Waals surface area contributed by atoms with Gasteiger partial charge in [0.15, 0.2) is 0 Å². The van der Waals surface area contributed by atoms with Crippen LogP contribution in [-0.4, -0.2) is 37.2 Å². The van der Waals surface area contributed by atoms with E-state index in [1.165, 1.54) is 25.9 Å². The Kier molecular flexibility index (Phi) is 5.73. The topological polar surface area (TPSA) is 24.5 Å². The molecule has 5 heteroatoms. The molecular formula is C15H22F2N2O. The Labute approximate surface area is 118 Å². The van der Waals surface area contributed by atoms with Crippen molar-refractivity contribution in [3.05, 3.63) is 29.8 Å². The second-order valence-corrected chi connectivity index (χ2v) is 5.31. The minimum Gasteiger partial charge on any atom is -0.435 e. The number of ether oxygens (including phenoxy) is 1. The number of rotatable bonds is 7. The Hall–Kier alpha value is -1.20. The minimum atomic E-state index is -2.76. The molecule has 1 N–H and O–H groups in total. The molecule has 1 aliphatic rings. The van der Waals surface area contributed by atoms with E-state index in [-0.39, 0.29) is 5.75 Å². The zero-order valence-corrected chi connectivity index (χ0v) is 11.8. The molecule has 1 atom stereocenters. The van der Waals surface area contributed by atoms with Gasteiger partial charge in [0.25, 0.3) is 0 Å². The number of hydrogen-bond acceptors (Lipinski definition) is 3. The lowest BCUT2D eigenvalue weighted by atomic mass is 10.2. The molecule has 112 valence electrons. The third kappa shape index (κ3) is 5.06. The second-order valence-electron chi connectivity index (χ2n) is 5.31. The van der Waals surface area contributed by atoms with E-state index in [0.717, 1.165) is 18.7 Å². The van der Waals surface area contributed by atoms with Crippen LogP contribution in [-0.2, 0) is 6.54 Å². The fourth-order valence-electron chi connectivity index (χ4n) is 2.50. The maximum absolute atomic E-state index is 12.0. The lowest BCUT2D eigenvalue weighted by Crippen LogP contribution is -2.37. The van der Waals surface area contributed by atoms with Crippen LogP contribution in [0.2, 0.25) is 0 Å². The van der Waals surface area contributed by atoms with Crippen molar-refractivity contribution in [3.63, 3.8) is 0 Å². The van der Waals surface area contributed by atoms with Gasteiger partial charge in [-0.15, -0.1) is 0 Å². The summed E-state index contributed by atoms with van der Waals surface area (Å²) in [6.07, 6.45) is 2.61. The molecule has 1 saturated heterocycles. The highest BCUT2D eigenvalue weighted by Gasteiger charge is 2.14. The second kappa shape index (κ2) is 7.55. The summed E-state index contributed by atoms with van der Waals surface area (Å²) in [5.74, 6) is 0.203. The fourth-order valence-corrected chi connectivity index (χ4v) is 2.50. The summed E-state index contributed by atoms with van der Waals surface area (Å²) in [5.41, 5.74) is 1.07. The summed E-state index contributed by atoms with van der Waals surface area (Å²) >= 11 is 0. The van der Waals surface area contributed by atoms with E-state index in [4.69, 9.17) is 0 Å². The normalized spacial score (nSPS) is 17.6. The summed E-state index contributed by atoms with van der Waals surface area (Å²) in [6.45, 7) is 3.61. The highest BCUT2D eigenvalue weighted by molar-refractivity contribution is 5.27. The van der Waals surface area contributed by atoms with Gasteiger partial charge in [-0.3, -0.25) is 0 Å². The molecule has 0 bridgehead atoms. The van der Waals surface area contributed by atoms with Gasteiger partial charge in [-0.25, -0.2) is 0 Å². The van der Waals surface area contributed by atoms with Gasteiger partial charge in [0, 0.05) is 19.1 Å². The molecule has 0 saturated carbocycles. The van der Waals surface area contributed by atoms with E-state index in [0.29, 0.717) is 6.04 Å². The smallest absolute Gasteiger partial charge is 0.387 e. The summed E-state index contributed by atoms with van der Waals surface area (Å²) in [6, 6.07) is 7.20. The van der Waals surface area contributed by atoms with Crippen molar-refractivity contribution in [3.8, 4) is 5.75 Å². The third-order valence-electron chi connectivity index (χ3n) is 3.53. The van der Waals surface area contributed by atoms with Crippen molar-refractivity contribution in [1.29, 1.82) is 0 Å². The Morgan fingerprint density at radius 3 is 2.45 bits per heavy atom. The molecular weight excluding hydrogens is 262 g/mol. The monoisotopic (exact) mass is 284 g/mol. The van der Waals surface area contributed by atoms with Gasteiger partial charge in [-0.05, 0) is 50.6 Å². The summed E-state index contributed by atoms with van der Waals surface area (Å²) in [4.78, 5) is 2.47. The Bertz CT molecular complexity index is 391. The summed E-state index contributed by atoms with van der Waals surface area (Å²) in [7, 11) is 0. The first-order valence-electron chi connectivity index (χ1n) is 7.13. The van der Waals surface area contributed by atoms with E-state index in [1.54, 1.807) is 12.1 Å². The quantitative estimate of drug-likeness (QED) is 0.833. The number of likely N-dealkylation sites (tertiary alicyclic amines) is 1. The molecule has 0 aliphatic carbocycles. The molecule has 1 aliphatic heterocycles. The summed E-state index contributed by atoms with van der Waals surface area (Å²) in [5, 5.41) is 3.46. The minimum absolute atomic E-state index is 0.203. The van der Waals surface area contributed by atoms with Gasteiger partial charge in [0.05, 0.1) is 0 Å². The number of nitrogens with zero attached hydrogens (tertiary/aromatic N) is 1. The average Bonchev–Trinajstić information content (AvgIpc) is 2.90. The molecule has 0 amide bonds. The maximum atomic E-state index is 12.0. The number of hydrogen-bond donors (Lipinski definition) is 1. The van der Waals surface area contributed by atoms with E-state index in [1.807, 2.05) is 12.1 Å². The largest absolute Gasteiger partial charge is 0.435 e. The van der Waals surface area contributed by atoms with Crippen LogP contribution in [0.15, 0.2) is 24.3 Å². The van der Waals surface area contributed by atoms with Crippen LogP contribution in [0.1, 0.15) is 25.3 Å². The predicted molar refractivity (Wildman–Crippen MR) is 75.0 cm³/mol. The van der Waals surface area contributed by atoms with E-state index >= 15 is 0 Å². The van der Waals surface area contributed by atoms with Gasteiger partial charge in [-0.2, -0.15) is 8.78 Å². The summed E-state index contributed by atoms with van der Waals surface area (Å²) < 4.78 is 28.4. The van der Waals surface area contributed by atoms with E-state index in [2.05, 4.69) is 21.9 Å². The zero-order chi connectivity index (χ0) is 14.4. The van der Waals surface area contributed by atoms with Crippen LogP contribution in [0, 0.1) is 0 Å². The maximum Gasteiger partial charge on any atom is 0.387 e. The molecule has 0 aromatic heterocycles. The lowest BCUT2D eigenvalue weighted by Gasteiger charge is -2.21. The van der Waals surface area contributed by atoms with Gasteiger partial charge in [0.1, 0.15) is 5.75 Å². The lowest BCUT2D eigenvalue weighted by molar-refractivity contribution is -0.0498. The van der Waals surface area contributed by atoms with Crippen molar-refractivity contribution in [2.45, 2.75) is 39.0 Å². The first-order chi connectivity index (χ1) is 9.63. The van der Waals surface area contributed by atoms with Gasteiger partial charge >= 0.3 is 6.61 Å². The van der Waals surface area contributed by atoms with Crippen molar-refractivity contribution in [2.75, 3.05) is 19.6 Å². The number of alkyl halides is 2. The van der Waals surface area contributed by atoms with Crippen molar-refractivity contribution in [1.82, 2.24) is 10.2 Å². The van der Waals surface area contributed by atoms with Crippen LogP contribution < -0.4 is 10.1 Å². The van der Waals surface area contributed by atoms with Crippen molar-refractivity contribution >= 4 is 0 Å². The number of nitrogens with one attached hydrogen (secondary N) is 1. The highest BCUT2D eigenvalue weighted by atomic mass is 19.3. The van der Waals surface area contributed by atoms with Crippen LogP contribution in [0.5, 0.6) is 5.75 Å². The van der Waals surface area contributed by atoms with Gasteiger partial charge in [-0.1, -0.05) is 12.1 Å². The standard InChI is InChI=1S/C15H22F2N2O/c1-12(11-19-8-2-3-9-19)18-10-13-4-6-14(7-5-13)20-15(16)17/h4-7,12,15,18H,2-3,8-11H2,1H3. The predicted octanol–water partition coefficient (Wildman–Crippen LogP) is 2.86. The van der Waals surface area contributed by atoms with Crippen molar-refractivity contribution < 1.29 is 13.5 Å². The molecule has 0 spiro atoms. The van der Waals surface area contributed by atoms with Crippen LogP contribution >= 0.6 is 0 Å². The SMILES string of the molecule is CC(CN1CCCC1)NCc1ccc(OC(F)F)cc1. The molecule has 3 nitrogen and oxygen atoms in total. The zero-order valence-electron chi connectivity index (χ0n) is 11.8. The molecule has 2 rings (SSSR count). The molecule has 1 unspecified atom stereocenters. The molecule has 1 heterocycles. The Morgan fingerprint density at radius 2 is 1.85 bits per heavy atom. The third-order valence-corrected chi connectivity index (χ3v) is 3.53. The molecule has 0 radical (unpaired) electrons. The molecule has 1 aromatic carbocycles. The molecule has 1 aromatic rings. The van der Waals surface area contributed by atoms with Crippen molar-refractivity contribution in [2.24, 2.45) is 0 Å².